The molecule has 0 saturated carbocycles. The van der Waals surface area contributed by atoms with E-state index in [1.54, 1.807) is 0 Å². The number of hydrogen-bond donors (Lipinski definition) is 1. The van der Waals surface area contributed by atoms with Gasteiger partial charge in [0.2, 0.25) is 0 Å². The van der Waals surface area contributed by atoms with Gasteiger partial charge in [0.15, 0.2) is 0 Å². The highest BCUT2D eigenvalue weighted by molar-refractivity contribution is 5.61. The molecular weight excluding hydrogens is 162 g/mol. The van der Waals surface area contributed by atoms with Crippen molar-refractivity contribution in [3.63, 3.8) is 0 Å². The van der Waals surface area contributed by atoms with Crippen LogP contribution in [0.1, 0.15) is 26.7 Å². The Hall–Kier alpha value is -1.05. The molecule has 0 aromatic rings. The van der Waals surface area contributed by atoms with Crippen LogP contribution in [0.3, 0.4) is 0 Å². The average molecular weight is 177 g/mol. The second-order valence-corrected chi connectivity index (χ2v) is 4.03. The maximum Gasteiger partial charge on any atom is 0.123 e. The highest BCUT2D eigenvalue weighted by Crippen LogP contribution is 2.39. The summed E-state index contributed by atoms with van der Waals surface area (Å²) in [4.78, 5) is 4.43. The third kappa shape index (κ3) is 1.12. The van der Waals surface area contributed by atoms with Crippen molar-refractivity contribution < 1.29 is 5.11 Å². The van der Waals surface area contributed by atoms with Crippen LogP contribution >= 0.6 is 0 Å². The van der Waals surface area contributed by atoms with Crippen LogP contribution in [0.15, 0.2) is 28.5 Å². The lowest BCUT2D eigenvalue weighted by Crippen LogP contribution is -2.38. The predicted molar refractivity (Wildman–Crippen MR) is 54.1 cm³/mol. The fourth-order valence-electron chi connectivity index (χ4n) is 2.14. The van der Waals surface area contributed by atoms with Gasteiger partial charge in [-0.05, 0) is 38.5 Å². The minimum atomic E-state index is -0.378. The fraction of sp³-hybridized carbons (Fsp3) is 0.545. The standard InChI is InChI=1S/C11H15NO/c1-8-5-6-9-4-3-7-12-11(9,2)10(8)13/h5-7,9,13H,3-4H2,1-2H3. The van der Waals surface area contributed by atoms with Gasteiger partial charge in [0.1, 0.15) is 11.3 Å². The minimum absolute atomic E-state index is 0.376. The fourth-order valence-corrected chi connectivity index (χ4v) is 2.14. The third-order valence-corrected chi connectivity index (χ3v) is 3.12. The zero-order valence-electron chi connectivity index (χ0n) is 8.12. The van der Waals surface area contributed by atoms with E-state index in [-0.39, 0.29) is 5.54 Å². The molecule has 1 aliphatic carbocycles. The van der Waals surface area contributed by atoms with Gasteiger partial charge in [0, 0.05) is 5.92 Å². The average Bonchev–Trinajstić information content (AvgIpc) is 2.13. The molecule has 2 nitrogen and oxygen atoms in total. The van der Waals surface area contributed by atoms with Gasteiger partial charge in [-0.3, -0.25) is 4.99 Å². The number of rotatable bonds is 0. The smallest absolute Gasteiger partial charge is 0.123 e. The number of aliphatic imine (C=N–C) groups is 1. The number of aliphatic hydroxyl groups excluding tert-OH is 1. The van der Waals surface area contributed by atoms with Gasteiger partial charge in [0.05, 0.1) is 0 Å². The van der Waals surface area contributed by atoms with E-state index in [1.165, 1.54) is 0 Å². The van der Waals surface area contributed by atoms with Gasteiger partial charge in [-0.25, -0.2) is 0 Å². The first-order chi connectivity index (χ1) is 6.14. The molecule has 2 atom stereocenters. The topological polar surface area (TPSA) is 32.6 Å². The van der Waals surface area contributed by atoms with E-state index in [0.29, 0.717) is 11.7 Å². The number of nitrogens with zero attached hydrogens (tertiary/aromatic N) is 1. The molecule has 0 radical (unpaired) electrons. The quantitative estimate of drug-likeness (QED) is 0.606. The Bertz CT molecular complexity index is 314. The summed E-state index contributed by atoms with van der Waals surface area (Å²) in [5.41, 5.74) is 0.565. The van der Waals surface area contributed by atoms with Gasteiger partial charge in [-0.1, -0.05) is 12.2 Å². The second-order valence-electron chi connectivity index (χ2n) is 4.03. The third-order valence-electron chi connectivity index (χ3n) is 3.12. The van der Waals surface area contributed by atoms with Crippen LogP contribution < -0.4 is 0 Å². The maximum atomic E-state index is 9.95. The van der Waals surface area contributed by atoms with Crippen molar-refractivity contribution in [1.29, 1.82) is 0 Å². The summed E-state index contributed by atoms with van der Waals surface area (Å²) in [7, 11) is 0. The Morgan fingerprint density at radius 1 is 1.62 bits per heavy atom. The summed E-state index contributed by atoms with van der Waals surface area (Å²) < 4.78 is 0. The van der Waals surface area contributed by atoms with E-state index < -0.39 is 0 Å². The van der Waals surface area contributed by atoms with Crippen LogP contribution in [0.4, 0.5) is 0 Å². The monoisotopic (exact) mass is 177 g/mol. The van der Waals surface area contributed by atoms with Crippen LogP contribution in [-0.4, -0.2) is 16.9 Å². The van der Waals surface area contributed by atoms with Crippen molar-refractivity contribution in [3.05, 3.63) is 23.5 Å². The first-order valence-electron chi connectivity index (χ1n) is 4.77. The Morgan fingerprint density at radius 2 is 2.38 bits per heavy atom. The Kier molecular flexibility index (Phi) is 1.79. The summed E-state index contributed by atoms with van der Waals surface area (Å²) >= 11 is 0. The van der Waals surface area contributed by atoms with Crippen molar-refractivity contribution in [2.45, 2.75) is 32.2 Å². The van der Waals surface area contributed by atoms with Crippen molar-refractivity contribution in [3.8, 4) is 0 Å². The van der Waals surface area contributed by atoms with Gasteiger partial charge in [0.25, 0.3) is 0 Å². The summed E-state index contributed by atoms with van der Waals surface area (Å²) in [6.45, 7) is 3.94. The van der Waals surface area contributed by atoms with Crippen LogP contribution in [-0.2, 0) is 0 Å². The predicted octanol–water partition coefficient (Wildman–Crippen LogP) is 2.63. The minimum Gasteiger partial charge on any atom is -0.509 e. The number of aliphatic hydroxyl groups is 1. The van der Waals surface area contributed by atoms with E-state index in [9.17, 15) is 5.11 Å². The molecular formula is C11H15NO. The molecule has 0 amide bonds. The van der Waals surface area contributed by atoms with Crippen LogP contribution in [0, 0.1) is 5.92 Å². The van der Waals surface area contributed by atoms with E-state index >= 15 is 0 Å². The molecule has 2 unspecified atom stereocenters. The highest BCUT2D eigenvalue weighted by Gasteiger charge is 2.40. The van der Waals surface area contributed by atoms with Crippen molar-refractivity contribution in [1.82, 2.24) is 0 Å². The van der Waals surface area contributed by atoms with Crippen LogP contribution in [0.5, 0.6) is 0 Å². The first kappa shape index (κ1) is 8.54. The molecule has 1 aliphatic heterocycles. The van der Waals surface area contributed by atoms with Gasteiger partial charge in [-0.2, -0.15) is 0 Å². The summed E-state index contributed by atoms with van der Waals surface area (Å²) in [5.74, 6) is 0.817. The van der Waals surface area contributed by atoms with E-state index in [2.05, 4.69) is 11.1 Å². The van der Waals surface area contributed by atoms with Crippen molar-refractivity contribution >= 4 is 6.21 Å². The molecule has 0 fully saturated rings. The second kappa shape index (κ2) is 2.72. The van der Waals surface area contributed by atoms with E-state index in [1.807, 2.05) is 26.1 Å². The zero-order chi connectivity index (χ0) is 9.47. The lowest BCUT2D eigenvalue weighted by atomic mass is 9.75. The molecule has 0 bridgehead atoms. The molecule has 13 heavy (non-hydrogen) atoms. The molecule has 2 heteroatoms. The molecule has 2 aliphatic rings. The molecule has 0 aromatic carbocycles. The summed E-state index contributed by atoms with van der Waals surface area (Å²) in [6, 6.07) is 0. The molecule has 70 valence electrons. The first-order valence-corrected chi connectivity index (χ1v) is 4.77. The highest BCUT2D eigenvalue weighted by atomic mass is 16.3. The SMILES string of the molecule is CC1=C(O)C2(C)N=CCCC2C=C1. The van der Waals surface area contributed by atoms with Gasteiger partial charge >= 0.3 is 0 Å². The Balaban J connectivity index is 2.48. The molecule has 0 aromatic heterocycles. The Morgan fingerprint density at radius 3 is 3.15 bits per heavy atom. The van der Waals surface area contributed by atoms with Crippen molar-refractivity contribution in [2.75, 3.05) is 0 Å². The van der Waals surface area contributed by atoms with Crippen LogP contribution in [0.25, 0.3) is 0 Å². The molecule has 2 rings (SSSR count). The van der Waals surface area contributed by atoms with Crippen LogP contribution in [0.2, 0.25) is 0 Å². The van der Waals surface area contributed by atoms with E-state index in [0.717, 1.165) is 18.4 Å². The lowest BCUT2D eigenvalue weighted by molar-refractivity contribution is 0.244. The van der Waals surface area contributed by atoms with Gasteiger partial charge in [-0.15, -0.1) is 0 Å². The number of allylic oxidation sites excluding steroid dienone is 2. The largest absolute Gasteiger partial charge is 0.509 e. The molecule has 1 heterocycles. The molecule has 0 saturated heterocycles. The van der Waals surface area contributed by atoms with Gasteiger partial charge < -0.3 is 5.11 Å². The summed E-state index contributed by atoms with van der Waals surface area (Å²) in [6.07, 6.45) is 8.22. The zero-order valence-corrected chi connectivity index (χ0v) is 8.12. The molecule has 1 N–H and O–H groups in total. The summed E-state index contributed by atoms with van der Waals surface area (Å²) in [5, 5.41) is 9.95. The van der Waals surface area contributed by atoms with Crippen molar-refractivity contribution in [2.24, 2.45) is 10.9 Å². The number of fused-ring (bicyclic) bond motifs is 1. The number of hydrogen-bond acceptors (Lipinski definition) is 2. The maximum absolute atomic E-state index is 9.95. The Labute approximate surface area is 78.7 Å². The lowest BCUT2D eigenvalue weighted by Gasteiger charge is -2.37. The molecule has 0 spiro atoms. The normalized spacial score (nSPS) is 37.8. The van der Waals surface area contributed by atoms with E-state index in [4.69, 9.17) is 0 Å².